The number of benzene rings is 1. The SMILES string of the molecule is CC(C)c1cc2c(c(NC(=O)N=[S@](N)(=O)c3cnn4c3OCCC4)c1F)CCC2. The minimum Gasteiger partial charge on any atom is -0.477 e. The van der Waals surface area contributed by atoms with E-state index in [4.69, 9.17) is 9.88 Å². The number of hydrogen-bond donors (Lipinski definition) is 2. The maximum absolute atomic E-state index is 15.1. The Morgan fingerprint density at radius 1 is 1.41 bits per heavy atom. The Labute approximate surface area is 168 Å². The molecule has 29 heavy (non-hydrogen) atoms. The lowest BCUT2D eigenvalue weighted by molar-refractivity contribution is 0.224. The molecule has 3 N–H and O–H groups in total. The summed E-state index contributed by atoms with van der Waals surface area (Å²) in [6, 6.07) is 0.916. The first-order valence-corrected chi connectivity index (χ1v) is 11.2. The van der Waals surface area contributed by atoms with E-state index in [2.05, 4.69) is 14.8 Å². The number of nitrogens with two attached hydrogens (primary N) is 1. The Hall–Kier alpha value is -2.46. The van der Waals surface area contributed by atoms with Gasteiger partial charge in [0, 0.05) is 13.0 Å². The van der Waals surface area contributed by atoms with Crippen molar-refractivity contribution >= 4 is 21.6 Å². The summed E-state index contributed by atoms with van der Waals surface area (Å²) in [6.45, 7) is 4.84. The van der Waals surface area contributed by atoms with Gasteiger partial charge >= 0.3 is 6.03 Å². The van der Waals surface area contributed by atoms with Crippen molar-refractivity contribution in [2.45, 2.75) is 56.9 Å². The van der Waals surface area contributed by atoms with Crippen LogP contribution in [0.25, 0.3) is 0 Å². The molecule has 2 aliphatic rings. The molecule has 156 valence electrons. The fraction of sp³-hybridized carbons (Fsp3) is 0.474. The second kappa shape index (κ2) is 7.42. The van der Waals surface area contributed by atoms with Crippen LogP contribution in [0.3, 0.4) is 0 Å². The molecule has 2 heterocycles. The number of anilines is 1. The first-order valence-electron chi connectivity index (χ1n) is 9.66. The third-order valence-electron chi connectivity index (χ3n) is 5.27. The Balaban J connectivity index is 1.68. The summed E-state index contributed by atoms with van der Waals surface area (Å²) in [4.78, 5) is 12.6. The van der Waals surface area contributed by atoms with Gasteiger partial charge in [-0.15, -0.1) is 4.36 Å². The van der Waals surface area contributed by atoms with Crippen molar-refractivity contribution in [1.82, 2.24) is 9.78 Å². The van der Waals surface area contributed by atoms with Gasteiger partial charge in [0.2, 0.25) is 5.88 Å². The highest BCUT2D eigenvalue weighted by Crippen LogP contribution is 2.36. The molecular formula is C19H24FN5O3S. The van der Waals surface area contributed by atoms with Crippen LogP contribution >= 0.6 is 0 Å². The molecule has 0 fully saturated rings. The van der Waals surface area contributed by atoms with Crippen molar-refractivity contribution in [2.24, 2.45) is 9.50 Å². The third kappa shape index (κ3) is 3.62. The van der Waals surface area contributed by atoms with Crippen LogP contribution in [0.4, 0.5) is 14.9 Å². The van der Waals surface area contributed by atoms with E-state index in [-0.39, 0.29) is 22.4 Å². The van der Waals surface area contributed by atoms with Gasteiger partial charge in [-0.25, -0.2) is 23.2 Å². The van der Waals surface area contributed by atoms with Gasteiger partial charge in [0.1, 0.15) is 4.90 Å². The van der Waals surface area contributed by atoms with Gasteiger partial charge in [-0.2, -0.15) is 5.10 Å². The van der Waals surface area contributed by atoms with Crippen LogP contribution in [0, 0.1) is 5.82 Å². The fourth-order valence-corrected chi connectivity index (χ4v) is 4.84. The van der Waals surface area contributed by atoms with E-state index < -0.39 is 21.8 Å². The lowest BCUT2D eigenvalue weighted by Gasteiger charge is -2.17. The molecule has 0 saturated heterocycles. The van der Waals surface area contributed by atoms with Crippen LogP contribution in [-0.4, -0.2) is 26.6 Å². The molecule has 0 bridgehead atoms. The lowest BCUT2D eigenvalue weighted by atomic mass is 9.96. The first-order chi connectivity index (χ1) is 13.8. The summed E-state index contributed by atoms with van der Waals surface area (Å²) in [5.74, 6) is -0.253. The molecule has 0 radical (unpaired) electrons. The van der Waals surface area contributed by atoms with Gasteiger partial charge in [0.25, 0.3) is 0 Å². The molecule has 8 nitrogen and oxygen atoms in total. The van der Waals surface area contributed by atoms with Gasteiger partial charge < -0.3 is 10.1 Å². The number of hydrogen-bond acceptors (Lipinski definition) is 4. The molecule has 0 spiro atoms. The highest BCUT2D eigenvalue weighted by atomic mass is 32.2. The molecule has 4 rings (SSSR count). The predicted molar refractivity (Wildman–Crippen MR) is 107 cm³/mol. The van der Waals surface area contributed by atoms with Crippen molar-refractivity contribution < 1.29 is 18.1 Å². The van der Waals surface area contributed by atoms with Gasteiger partial charge in [0.05, 0.1) is 18.5 Å². The van der Waals surface area contributed by atoms with E-state index >= 15 is 4.39 Å². The van der Waals surface area contributed by atoms with Crippen LogP contribution in [0.5, 0.6) is 5.88 Å². The van der Waals surface area contributed by atoms with E-state index in [9.17, 15) is 9.00 Å². The van der Waals surface area contributed by atoms with Crippen molar-refractivity contribution in [3.8, 4) is 5.88 Å². The minimum atomic E-state index is -3.60. The number of amides is 2. The maximum Gasteiger partial charge on any atom is 0.354 e. The van der Waals surface area contributed by atoms with Gasteiger partial charge in [-0.3, -0.25) is 0 Å². The van der Waals surface area contributed by atoms with E-state index in [0.717, 1.165) is 30.4 Å². The number of aryl methyl sites for hydroxylation is 2. The number of urea groups is 1. The van der Waals surface area contributed by atoms with Crippen LogP contribution in [0.15, 0.2) is 21.5 Å². The van der Waals surface area contributed by atoms with Crippen LogP contribution in [0.2, 0.25) is 0 Å². The van der Waals surface area contributed by atoms with Crippen LogP contribution in [0.1, 0.15) is 49.3 Å². The summed E-state index contributed by atoms with van der Waals surface area (Å²) in [5, 5.41) is 12.4. The smallest absolute Gasteiger partial charge is 0.354 e. The zero-order chi connectivity index (χ0) is 20.8. The quantitative estimate of drug-likeness (QED) is 0.791. The van der Waals surface area contributed by atoms with Crippen molar-refractivity contribution in [1.29, 1.82) is 0 Å². The maximum atomic E-state index is 15.1. The van der Waals surface area contributed by atoms with E-state index in [1.165, 1.54) is 10.9 Å². The highest BCUT2D eigenvalue weighted by molar-refractivity contribution is 7.91. The molecular weight excluding hydrogens is 397 g/mol. The van der Waals surface area contributed by atoms with E-state index in [0.29, 0.717) is 25.1 Å². The van der Waals surface area contributed by atoms with Crippen LogP contribution in [-0.2, 0) is 29.3 Å². The standard InChI is InChI=1S/C19H24FN5O3S/c1-11(2)14-9-12-5-3-6-13(12)17(16(14)20)23-19(26)24-29(21,27)15-10-22-25-7-4-8-28-18(15)25/h9-11H,3-8H2,1-2H3,(H3,21,23,24,26,27)/t29-/m0/s1. The molecule has 1 atom stereocenters. The molecule has 10 heteroatoms. The second-order valence-corrected chi connectivity index (χ2v) is 9.39. The monoisotopic (exact) mass is 421 g/mol. The largest absolute Gasteiger partial charge is 0.477 e. The number of rotatable bonds is 3. The predicted octanol–water partition coefficient (Wildman–Crippen LogP) is 3.35. The molecule has 1 aliphatic heterocycles. The third-order valence-corrected chi connectivity index (χ3v) is 6.61. The normalized spacial score (nSPS) is 17.3. The zero-order valence-corrected chi connectivity index (χ0v) is 17.2. The Bertz CT molecular complexity index is 1100. The molecule has 0 unspecified atom stereocenters. The fourth-order valence-electron chi connectivity index (χ4n) is 3.84. The number of carbonyl (C=O) groups is 1. The summed E-state index contributed by atoms with van der Waals surface area (Å²) in [7, 11) is -3.60. The topological polar surface area (TPSA) is 112 Å². The van der Waals surface area contributed by atoms with E-state index in [1.807, 2.05) is 19.9 Å². The number of ether oxygens (including phenoxy) is 1. The summed E-state index contributed by atoms with van der Waals surface area (Å²) in [6.07, 6.45) is 4.47. The zero-order valence-electron chi connectivity index (χ0n) is 16.4. The summed E-state index contributed by atoms with van der Waals surface area (Å²) < 4.78 is 38.7. The summed E-state index contributed by atoms with van der Waals surface area (Å²) >= 11 is 0. The number of halogens is 1. The average molecular weight is 421 g/mol. The number of nitrogens with one attached hydrogen (secondary N) is 1. The summed E-state index contributed by atoms with van der Waals surface area (Å²) in [5.41, 5.74) is 2.44. The molecule has 1 aliphatic carbocycles. The minimum absolute atomic E-state index is 0.0386. The molecule has 2 aromatic rings. The van der Waals surface area contributed by atoms with Gasteiger partial charge in [-0.05, 0) is 41.9 Å². The Kier molecular flexibility index (Phi) is 5.07. The van der Waals surface area contributed by atoms with Gasteiger partial charge in [0.15, 0.2) is 15.7 Å². The van der Waals surface area contributed by atoms with Crippen molar-refractivity contribution in [3.05, 3.63) is 34.8 Å². The second-order valence-electron chi connectivity index (χ2n) is 7.63. The molecule has 1 aromatic heterocycles. The number of aromatic nitrogens is 2. The average Bonchev–Trinajstić information content (AvgIpc) is 3.30. The van der Waals surface area contributed by atoms with Crippen LogP contribution < -0.4 is 15.2 Å². The molecule has 1 aromatic carbocycles. The van der Waals surface area contributed by atoms with E-state index in [1.54, 1.807) is 0 Å². The Morgan fingerprint density at radius 3 is 2.97 bits per heavy atom. The first kappa shape index (κ1) is 19.8. The number of nitrogens with zero attached hydrogens (tertiary/aromatic N) is 3. The lowest BCUT2D eigenvalue weighted by Crippen LogP contribution is -2.21. The Morgan fingerprint density at radius 2 is 2.21 bits per heavy atom. The number of carbonyl (C=O) groups excluding carboxylic acids is 1. The molecule has 2 amide bonds. The van der Waals surface area contributed by atoms with Gasteiger partial charge in [-0.1, -0.05) is 19.9 Å². The van der Waals surface area contributed by atoms with Crippen molar-refractivity contribution in [3.63, 3.8) is 0 Å². The molecule has 0 saturated carbocycles. The highest BCUT2D eigenvalue weighted by Gasteiger charge is 2.26. The number of fused-ring (bicyclic) bond motifs is 2. The van der Waals surface area contributed by atoms with Crippen molar-refractivity contribution in [2.75, 3.05) is 11.9 Å².